The van der Waals surface area contributed by atoms with Crippen molar-refractivity contribution in [2.45, 2.75) is 35.8 Å². The van der Waals surface area contributed by atoms with Crippen LogP contribution in [-0.4, -0.2) is 11.5 Å². The number of nitrogens with zero attached hydrogens (tertiary/aromatic N) is 1. The average Bonchev–Trinajstić information content (AvgIpc) is 2.89. The third kappa shape index (κ3) is 3.11. The first-order valence-corrected chi connectivity index (χ1v) is 9.43. The number of aromatic nitrogens is 1. The van der Waals surface area contributed by atoms with Crippen LogP contribution in [0.15, 0.2) is 33.6 Å². The van der Waals surface area contributed by atoms with Crippen LogP contribution in [0, 0.1) is 0 Å². The highest BCUT2D eigenvalue weighted by molar-refractivity contribution is 9.10. The Morgan fingerprint density at radius 1 is 1.40 bits per heavy atom. The molecule has 0 amide bonds. The molecule has 1 aliphatic rings. The number of hydrogen-bond acceptors (Lipinski definition) is 4. The number of thioether (sulfide) groups is 1. The Kier molecular flexibility index (Phi) is 4.81. The summed E-state index contributed by atoms with van der Waals surface area (Å²) in [7, 11) is 0. The van der Waals surface area contributed by atoms with Gasteiger partial charge in [-0.2, -0.15) is 0 Å². The predicted molar refractivity (Wildman–Crippen MR) is 90.6 cm³/mol. The third-order valence-electron chi connectivity index (χ3n) is 3.59. The second kappa shape index (κ2) is 6.60. The largest absolute Gasteiger partial charge is 0.330 e. The average molecular weight is 369 g/mol. The van der Waals surface area contributed by atoms with Gasteiger partial charge in [0.05, 0.1) is 11.4 Å². The quantitative estimate of drug-likeness (QED) is 0.802. The topological polar surface area (TPSA) is 38.9 Å². The summed E-state index contributed by atoms with van der Waals surface area (Å²) in [6, 6.07) is 8.34. The molecule has 2 nitrogen and oxygen atoms in total. The van der Waals surface area contributed by atoms with Crippen LogP contribution in [0.2, 0.25) is 0 Å². The predicted octanol–water partition coefficient (Wildman–Crippen LogP) is 4.58. The van der Waals surface area contributed by atoms with Crippen molar-refractivity contribution in [1.29, 1.82) is 0 Å². The van der Waals surface area contributed by atoms with E-state index in [0.717, 1.165) is 16.8 Å². The van der Waals surface area contributed by atoms with Gasteiger partial charge in [0.1, 0.15) is 5.01 Å². The van der Waals surface area contributed by atoms with Gasteiger partial charge in [0.15, 0.2) is 0 Å². The normalized spacial score (nSPS) is 18.0. The highest BCUT2D eigenvalue weighted by Crippen LogP contribution is 2.37. The Morgan fingerprint density at radius 2 is 2.25 bits per heavy atom. The first-order chi connectivity index (χ1) is 9.78. The molecule has 1 aromatic heterocycles. The van der Waals surface area contributed by atoms with Crippen LogP contribution in [0.25, 0.3) is 0 Å². The van der Waals surface area contributed by atoms with Gasteiger partial charge in [-0.05, 0) is 47.3 Å². The second-order valence-electron chi connectivity index (χ2n) is 4.96. The van der Waals surface area contributed by atoms with E-state index < -0.39 is 0 Å². The van der Waals surface area contributed by atoms with Crippen molar-refractivity contribution in [1.82, 2.24) is 4.98 Å². The van der Waals surface area contributed by atoms with Crippen molar-refractivity contribution >= 4 is 39.0 Å². The molecule has 0 bridgehead atoms. The molecule has 1 heterocycles. The van der Waals surface area contributed by atoms with E-state index >= 15 is 0 Å². The third-order valence-corrected chi connectivity index (χ3v) is 6.94. The molecule has 0 aliphatic heterocycles. The van der Waals surface area contributed by atoms with Crippen LogP contribution < -0.4 is 5.73 Å². The molecule has 1 unspecified atom stereocenters. The first-order valence-electron chi connectivity index (χ1n) is 6.84. The van der Waals surface area contributed by atoms with E-state index in [4.69, 9.17) is 10.7 Å². The molecule has 1 aliphatic carbocycles. The van der Waals surface area contributed by atoms with Crippen molar-refractivity contribution < 1.29 is 0 Å². The minimum atomic E-state index is 0.484. The van der Waals surface area contributed by atoms with E-state index in [1.165, 1.54) is 39.7 Å². The molecule has 0 saturated carbocycles. The van der Waals surface area contributed by atoms with Crippen LogP contribution in [0.1, 0.15) is 34.3 Å². The zero-order valence-electron chi connectivity index (χ0n) is 11.1. The SMILES string of the molecule is NCC1CCCc2sc(CSc3ccccc3Br)nc21. The summed E-state index contributed by atoms with van der Waals surface area (Å²) >= 11 is 7.31. The fourth-order valence-corrected chi connectivity index (χ4v) is 5.31. The van der Waals surface area contributed by atoms with Gasteiger partial charge < -0.3 is 5.73 Å². The molecule has 1 atom stereocenters. The molecule has 0 saturated heterocycles. The van der Waals surface area contributed by atoms with Gasteiger partial charge in [-0.3, -0.25) is 0 Å². The maximum atomic E-state index is 5.87. The lowest BCUT2D eigenvalue weighted by Crippen LogP contribution is -2.17. The Balaban J connectivity index is 1.73. The van der Waals surface area contributed by atoms with Gasteiger partial charge in [-0.1, -0.05) is 12.1 Å². The van der Waals surface area contributed by atoms with Crippen LogP contribution >= 0.6 is 39.0 Å². The van der Waals surface area contributed by atoms with Crippen molar-refractivity contribution in [3.63, 3.8) is 0 Å². The maximum absolute atomic E-state index is 5.87. The van der Waals surface area contributed by atoms with Gasteiger partial charge >= 0.3 is 0 Å². The monoisotopic (exact) mass is 368 g/mol. The molecule has 106 valence electrons. The van der Waals surface area contributed by atoms with E-state index in [9.17, 15) is 0 Å². The number of benzene rings is 1. The zero-order chi connectivity index (χ0) is 13.9. The highest BCUT2D eigenvalue weighted by atomic mass is 79.9. The number of nitrogens with two attached hydrogens (primary N) is 1. The second-order valence-corrected chi connectivity index (χ2v) is 8.00. The van der Waals surface area contributed by atoms with Crippen molar-refractivity contribution in [3.8, 4) is 0 Å². The number of hydrogen-bond donors (Lipinski definition) is 1. The van der Waals surface area contributed by atoms with Gasteiger partial charge in [0, 0.05) is 26.7 Å². The molecular formula is C15H17BrN2S2. The number of fused-ring (bicyclic) bond motifs is 1. The summed E-state index contributed by atoms with van der Waals surface area (Å²) in [5.74, 6) is 1.43. The standard InChI is InChI=1S/C15H17BrN2S2/c16-11-5-1-2-6-12(11)19-9-14-18-15-10(8-17)4-3-7-13(15)20-14/h1-2,5-6,10H,3-4,7-9,17H2. The minimum Gasteiger partial charge on any atom is -0.330 e. The van der Waals surface area contributed by atoms with E-state index in [0.29, 0.717) is 5.92 Å². The Bertz CT molecular complexity index is 597. The summed E-state index contributed by atoms with van der Waals surface area (Å²) < 4.78 is 1.16. The van der Waals surface area contributed by atoms with Gasteiger partial charge in [0.25, 0.3) is 0 Å². The Hall–Kier alpha value is -0.360. The molecule has 1 aromatic carbocycles. The summed E-state index contributed by atoms with van der Waals surface area (Å²) in [6.07, 6.45) is 3.64. The fourth-order valence-electron chi connectivity index (χ4n) is 2.55. The number of aryl methyl sites for hydroxylation is 1. The molecule has 0 spiro atoms. The van der Waals surface area contributed by atoms with Crippen LogP contribution in [0.4, 0.5) is 0 Å². The van der Waals surface area contributed by atoms with Crippen molar-refractivity contribution in [2.75, 3.05) is 6.54 Å². The smallest absolute Gasteiger partial charge is 0.103 e. The maximum Gasteiger partial charge on any atom is 0.103 e. The molecule has 0 fully saturated rings. The number of rotatable bonds is 4. The van der Waals surface area contributed by atoms with Crippen LogP contribution in [0.5, 0.6) is 0 Å². The Labute approximate surface area is 136 Å². The number of thiazole rings is 1. The molecule has 0 radical (unpaired) electrons. The molecule has 3 rings (SSSR count). The number of halogens is 1. The van der Waals surface area contributed by atoms with Gasteiger partial charge in [-0.25, -0.2) is 4.98 Å². The Morgan fingerprint density at radius 3 is 3.05 bits per heavy atom. The molecule has 5 heteroatoms. The lowest BCUT2D eigenvalue weighted by molar-refractivity contribution is 0.553. The van der Waals surface area contributed by atoms with Crippen LogP contribution in [0.3, 0.4) is 0 Å². The molecule has 2 N–H and O–H groups in total. The minimum absolute atomic E-state index is 0.484. The lowest BCUT2D eigenvalue weighted by Gasteiger charge is -2.18. The van der Waals surface area contributed by atoms with Gasteiger partial charge in [-0.15, -0.1) is 23.1 Å². The van der Waals surface area contributed by atoms with Crippen molar-refractivity contribution in [3.05, 3.63) is 44.3 Å². The summed E-state index contributed by atoms with van der Waals surface area (Å²) in [4.78, 5) is 7.59. The molecular weight excluding hydrogens is 352 g/mol. The summed E-state index contributed by atoms with van der Waals surface area (Å²) in [6.45, 7) is 0.730. The first kappa shape index (κ1) is 14.6. The van der Waals surface area contributed by atoms with E-state index in [1.54, 1.807) is 0 Å². The molecule has 20 heavy (non-hydrogen) atoms. The van der Waals surface area contributed by atoms with Crippen LogP contribution in [-0.2, 0) is 12.2 Å². The van der Waals surface area contributed by atoms with E-state index in [2.05, 4.69) is 34.1 Å². The van der Waals surface area contributed by atoms with E-state index in [1.807, 2.05) is 29.2 Å². The van der Waals surface area contributed by atoms with E-state index in [-0.39, 0.29) is 0 Å². The summed E-state index contributed by atoms with van der Waals surface area (Å²) in [5, 5.41) is 1.23. The highest BCUT2D eigenvalue weighted by Gasteiger charge is 2.23. The molecule has 2 aromatic rings. The zero-order valence-corrected chi connectivity index (χ0v) is 14.4. The fraction of sp³-hybridized carbons (Fsp3) is 0.400. The summed E-state index contributed by atoms with van der Waals surface area (Å²) in [5.41, 5.74) is 7.15. The van der Waals surface area contributed by atoms with Crippen molar-refractivity contribution in [2.24, 2.45) is 5.73 Å². The lowest BCUT2D eigenvalue weighted by atomic mass is 9.91. The van der Waals surface area contributed by atoms with Gasteiger partial charge in [0.2, 0.25) is 0 Å².